The Bertz CT molecular complexity index is 1080. The normalized spacial score (nSPS) is 11.5. The van der Waals surface area contributed by atoms with E-state index in [1.165, 1.54) is 12.1 Å². The molecule has 0 aliphatic carbocycles. The molecule has 6 nitrogen and oxygen atoms in total. The monoisotopic (exact) mass is 338 g/mol. The second kappa shape index (κ2) is 5.86. The number of imidazole rings is 1. The molecule has 0 saturated carbocycles. The third-order valence-corrected chi connectivity index (χ3v) is 4.41. The quantitative estimate of drug-likeness (QED) is 0.600. The summed E-state index contributed by atoms with van der Waals surface area (Å²) in [5.74, 6) is 0.446. The summed E-state index contributed by atoms with van der Waals surface area (Å²) in [6.45, 7) is 1.06. The van der Waals surface area contributed by atoms with Crippen molar-refractivity contribution in [2.24, 2.45) is 12.8 Å². The van der Waals surface area contributed by atoms with Crippen molar-refractivity contribution in [1.82, 2.24) is 19.1 Å². The van der Waals surface area contributed by atoms with Crippen LogP contribution in [0.2, 0.25) is 0 Å². The Labute approximate surface area is 144 Å². The Balaban J connectivity index is 2.12. The lowest BCUT2D eigenvalue weighted by Crippen LogP contribution is -2.11. The summed E-state index contributed by atoms with van der Waals surface area (Å²) in [7, 11) is 3.78. The zero-order chi connectivity index (χ0) is 17.6. The van der Waals surface area contributed by atoms with Crippen LogP contribution in [0.4, 0.5) is 10.2 Å². The minimum absolute atomic E-state index is 0.267. The van der Waals surface area contributed by atoms with Gasteiger partial charge in [0.05, 0.1) is 17.5 Å². The van der Waals surface area contributed by atoms with Gasteiger partial charge in [0.15, 0.2) is 5.82 Å². The number of aryl methyl sites for hydroxylation is 1. The molecule has 0 spiro atoms. The molecule has 3 heterocycles. The van der Waals surface area contributed by atoms with E-state index >= 15 is 0 Å². The summed E-state index contributed by atoms with van der Waals surface area (Å²) < 4.78 is 17.8. The Kier molecular flexibility index (Phi) is 3.65. The molecule has 4 rings (SSSR count). The van der Waals surface area contributed by atoms with E-state index in [9.17, 15) is 4.39 Å². The van der Waals surface area contributed by atoms with Crippen LogP contribution in [-0.2, 0) is 13.6 Å². The van der Waals surface area contributed by atoms with Crippen LogP contribution < -0.4 is 11.1 Å². The van der Waals surface area contributed by atoms with Crippen LogP contribution in [-0.4, -0.2) is 32.7 Å². The van der Waals surface area contributed by atoms with E-state index in [1.807, 2.05) is 35.4 Å². The van der Waals surface area contributed by atoms with Crippen molar-refractivity contribution in [1.29, 1.82) is 0 Å². The molecule has 128 valence electrons. The molecule has 7 heteroatoms. The number of nitrogens with one attached hydrogen (secondary N) is 1. The third kappa shape index (κ3) is 2.35. The van der Waals surface area contributed by atoms with E-state index in [0.29, 0.717) is 18.9 Å². The van der Waals surface area contributed by atoms with Gasteiger partial charge in [-0.15, -0.1) is 0 Å². The van der Waals surface area contributed by atoms with Gasteiger partial charge in [-0.1, -0.05) is 12.1 Å². The largest absolute Gasteiger partial charge is 0.371 e. The molecule has 3 aromatic heterocycles. The molecule has 0 saturated heterocycles. The highest BCUT2D eigenvalue weighted by molar-refractivity contribution is 6.07. The van der Waals surface area contributed by atoms with Crippen LogP contribution >= 0.6 is 0 Å². The van der Waals surface area contributed by atoms with Crippen molar-refractivity contribution in [3.8, 4) is 11.3 Å². The summed E-state index contributed by atoms with van der Waals surface area (Å²) >= 11 is 0. The molecule has 0 fully saturated rings. The zero-order valence-corrected chi connectivity index (χ0v) is 14.1. The lowest BCUT2D eigenvalue weighted by atomic mass is 10.1. The van der Waals surface area contributed by atoms with Gasteiger partial charge in [0, 0.05) is 38.1 Å². The summed E-state index contributed by atoms with van der Waals surface area (Å²) in [6.07, 6.45) is 1.77. The van der Waals surface area contributed by atoms with E-state index in [-0.39, 0.29) is 5.82 Å². The molecule has 3 N–H and O–H groups in total. The second-order valence-electron chi connectivity index (χ2n) is 5.98. The van der Waals surface area contributed by atoms with Gasteiger partial charge in [0.2, 0.25) is 0 Å². The Morgan fingerprint density at radius 3 is 2.84 bits per heavy atom. The number of aromatic nitrogens is 4. The topological polar surface area (TPSA) is 73.7 Å². The van der Waals surface area contributed by atoms with Crippen molar-refractivity contribution < 1.29 is 4.39 Å². The Morgan fingerprint density at radius 2 is 2.12 bits per heavy atom. The van der Waals surface area contributed by atoms with Gasteiger partial charge >= 0.3 is 0 Å². The average Bonchev–Trinajstić information content (AvgIpc) is 3.16. The van der Waals surface area contributed by atoms with Crippen LogP contribution in [0.3, 0.4) is 0 Å². The summed E-state index contributed by atoms with van der Waals surface area (Å²) in [4.78, 5) is 9.20. The number of fused-ring (bicyclic) bond motifs is 3. The van der Waals surface area contributed by atoms with Crippen molar-refractivity contribution >= 4 is 27.9 Å². The summed E-state index contributed by atoms with van der Waals surface area (Å²) in [6, 6.07) is 8.61. The molecule has 0 aliphatic heterocycles. The molecule has 0 radical (unpaired) electrons. The fraction of sp³-hybridized carbons (Fsp3) is 0.222. The van der Waals surface area contributed by atoms with Crippen molar-refractivity contribution in [3.05, 3.63) is 42.5 Å². The van der Waals surface area contributed by atoms with Crippen LogP contribution in [0.5, 0.6) is 0 Å². The lowest BCUT2D eigenvalue weighted by molar-refractivity contribution is 0.628. The van der Waals surface area contributed by atoms with E-state index in [1.54, 1.807) is 12.4 Å². The van der Waals surface area contributed by atoms with Crippen molar-refractivity contribution in [2.75, 3.05) is 18.9 Å². The van der Waals surface area contributed by atoms with Gasteiger partial charge < -0.3 is 20.2 Å². The highest BCUT2D eigenvalue weighted by Crippen LogP contribution is 2.34. The van der Waals surface area contributed by atoms with Crippen LogP contribution in [0, 0.1) is 5.82 Å². The number of nitrogens with zero attached hydrogens (tertiary/aromatic N) is 4. The van der Waals surface area contributed by atoms with Crippen molar-refractivity contribution in [2.45, 2.75) is 6.54 Å². The van der Waals surface area contributed by atoms with Gasteiger partial charge in [0.1, 0.15) is 17.0 Å². The van der Waals surface area contributed by atoms with Crippen LogP contribution in [0.1, 0.15) is 0 Å². The standard InChI is InChI=1S/C18H19FN6/c1-21-17-15-16(24(2)10-22-15)13-9-14(11-4-3-5-12(19)8-11)25(7-6-20)18(13)23-17/h3-5,8-10H,6-7,20H2,1-2H3,(H,21,23). The minimum atomic E-state index is -0.267. The van der Waals surface area contributed by atoms with E-state index in [0.717, 1.165) is 33.3 Å². The maximum Gasteiger partial charge on any atom is 0.156 e. The molecule has 0 bridgehead atoms. The van der Waals surface area contributed by atoms with Gasteiger partial charge in [-0.3, -0.25) is 0 Å². The van der Waals surface area contributed by atoms with E-state index in [4.69, 9.17) is 10.7 Å². The highest BCUT2D eigenvalue weighted by atomic mass is 19.1. The zero-order valence-electron chi connectivity index (χ0n) is 14.1. The number of pyridine rings is 1. The third-order valence-electron chi connectivity index (χ3n) is 4.41. The number of anilines is 1. The van der Waals surface area contributed by atoms with Gasteiger partial charge in [-0.05, 0) is 18.2 Å². The molecule has 0 atom stereocenters. The molecule has 0 unspecified atom stereocenters. The average molecular weight is 338 g/mol. The summed E-state index contributed by atoms with van der Waals surface area (Å²) in [5, 5.41) is 4.09. The first-order valence-electron chi connectivity index (χ1n) is 8.12. The lowest BCUT2D eigenvalue weighted by Gasteiger charge is -2.10. The number of nitrogens with two attached hydrogens (primary N) is 1. The molecule has 0 aliphatic rings. The first kappa shape index (κ1) is 15.6. The van der Waals surface area contributed by atoms with E-state index in [2.05, 4.69) is 10.3 Å². The first-order valence-corrected chi connectivity index (χ1v) is 8.12. The number of rotatable bonds is 4. The predicted molar refractivity (Wildman–Crippen MR) is 98.0 cm³/mol. The van der Waals surface area contributed by atoms with Crippen molar-refractivity contribution in [3.63, 3.8) is 0 Å². The SMILES string of the molecule is CNc1nc2c(cc(-c3cccc(F)c3)n2CCN)c2c1ncn2C. The maximum absolute atomic E-state index is 13.7. The molecular formula is C18H19FN6. The fourth-order valence-electron chi connectivity index (χ4n) is 3.33. The Hall–Kier alpha value is -2.93. The maximum atomic E-state index is 13.7. The number of benzene rings is 1. The van der Waals surface area contributed by atoms with Crippen LogP contribution in [0.25, 0.3) is 33.3 Å². The molecule has 1 aromatic carbocycles. The van der Waals surface area contributed by atoms with Gasteiger partial charge in [-0.2, -0.15) is 0 Å². The van der Waals surface area contributed by atoms with Gasteiger partial charge in [-0.25, -0.2) is 14.4 Å². The van der Waals surface area contributed by atoms with Crippen LogP contribution in [0.15, 0.2) is 36.7 Å². The highest BCUT2D eigenvalue weighted by Gasteiger charge is 2.19. The minimum Gasteiger partial charge on any atom is -0.371 e. The Morgan fingerprint density at radius 1 is 1.28 bits per heavy atom. The van der Waals surface area contributed by atoms with Gasteiger partial charge in [0.25, 0.3) is 0 Å². The smallest absolute Gasteiger partial charge is 0.156 e. The fourth-order valence-corrected chi connectivity index (χ4v) is 3.33. The van der Waals surface area contributed by atoms with E-state index < -0.39 is 0 Å². The molecular weight excluding hydrogens is 319 g/mol. The predicted octanol–water partition coefficient (Wildman–Crippen LogP) is 2.73. The first-order chi connectivity index (χ1) is 12.1. The number of halogens is 1. The molecule has 4 aromatic rings. The molecule has 25 heavy (non-hydrogen) atoms. The number of hydrogen-bond acceptors (Lipinski definition) is 4. The second-order valence-corrected chi connectivity index (χ2v) is 5.98. The summed E-state index contributed by atoms with van der Waals surface area (Å²) in [5.41, 5.74) is 10.1. The number of hydrogen-bond donors (Lipinski definition) is 2. The molecule has 0 amide bonds.